The highest BCUT2D eigenvalue weighted by Crippen LogP contribution is 2.27. The van der Waals surface area contributed by atoms with Crippen LogP contribution in [0.3, 0.4) is 0 Å². The summed E-state index contributed by atoms with van der Waals surface area (Å²) in [5.41, 5.74) is 2.43. The van der Waals surface area contributed by atoms with Crippen LogP contribution >= 0.6 is 23.4 Å². The lowest BCUT2D eigenvalue weighted by atomic mass is 10.3. The molecule has 0 unspecified atom stereocenters. The molecule has 0 saturated carbocycles. The Morgan fingerprint density at radius 1 is 1.61 bits per heavy atom. The Kier molecular flexibility index (Phi) is 4.24. The highest BCUT2D eigenvalue weighted by Gasteiger charge is 2.10. The van der Waals surface area contributed by atoms with Gasteiger partial charge in [-0.05, 0) is 18.2 Å². The molecule has 0 aliphatic heterocycles. The average molecular weight is 284 g/mol. The van der Waals surface area contributed by atoms with Crippen LogP contribution in [0.15, 0.2) is 40.1 Å². The van der Waals surface area contributed by atoms with Gasteiger partial charge in [0.1, 0.15) is 17.0 Å². The van der Waals surface area contributed by atoms with E-state index in [0.29, 0.717) is 22.1 Å². The fourth-order valence-electron chi connectivity index (χ4n) is 1.28. The first-order chi connectivity index (χ1) is 8.70. The monoisotopic (exact) mass is 283 g/mol. The Hall–Kier alpha value is -1.50. The third-order valence-electron chi connectivity index (χ3n) is 2.12. The Balaban J connectivity index is 2.01. The van der Waals surface area contributed by atoms with Gasteiger partial charge in [0.2, 0.25) is 0 Å². The van der Waals surface area contributed by atoms with Crippen LogP contribution in [0.5, 0.6) is 0 Å². The second-order valence-electron chi connectivity index (χ2n) is 3.35. The zero-order chi connectivity index (χ0) is 13.0. The van der Waals surface area contributed by atoms with Gasteiger partial charge < -0.3 is 4.42 Å². The number of hydrogen-bond acceptors (Lipinski definition) is 5. The van der Waals surface area contributed by atoms with Crippen molar-refractivity contribution in [3.05, 3.63) is 47.0 Å². The smallest absolute Gasteiger partial charge is 0.268 e. The highest BCUT2D eigenvalue weighted by atomic mass is 35.5. The van der Waals surface area contributed by atoms with Crippen LogP contribution in [0.1, 0.15) is 16.1 Å². The molecule has 0 aliphatic rings. The molecule has 0 saturated heterocycles. The van der Waals surface area contributed by atoms with Crippen molar-refractivity contribution in [1.29, 1.82) is 0 Å². The third-order valence-corrected chi connectivity index (χ3v) is 3.57. The van der Waals surface area contributed by atoms with Gasteiger partial charge in [-0.25, -0.2) is 10.8 Å². The zero-order valence-electron chi connectivity index (χ0n) is 9.22. The van der Waals surface area contributed by atoms with Crippen molar-refractivity contribution in [3.8, 4) is 0 Å². The van der Waals surface area contributed by atoms with Gasteiger partial charge in [-0.1, -0.05) is 23.4 Å². The molecule has 0 spiro atoms. The number of hydrogen-bond donors (Lipinski definition) is 2. The molecule has 7 heteroatoms. The van der Waals surface area contributed by atoms with E-state index in [4.69, 9.17) is 21.9 Å². The van der Waals surface area contributed by atoms with E-state index in [1.165, 1.54) is 18.0 Å². The summed E-state index contributed by atoms with van der Waals surface area (Å²) >= 11 is 7.41. The summed E-state index contributed by atoms with van der Waals surface area (Å²) in [6.07, 6.45) is 3.03. The SMILES string of the molecule is NNC(=O)c1coc(CSc2ncccc2Cl)c1. The number of halogens is 1. The summed E-state index contributed by atoms with van der Waals surface area (Å²) < 4.78 is 5.24. The molecule has 2 heterocycles. The Morgan fingerprint density at radius 2 is 2.44 bits per heavy atom. The minimum atomic E-state index is -0.383. The number of hydrazine groups is 1. The molecule has 0 fully saturated rings. The summed E-state index contributed by atoms with van der Waals surface area (Å²) in [6, 6.07) is 5.17. The molecule has 5 nitrogen and oxygen atoms in total. The van der Waals surface area contributed by atoms with Gasteiger partial charge in [0, 0.05) is 6.20 Å². The van der Waals surface area contributed by atoms with Crippen molar-refractivity contribution < 1.29 is 9.21 Å². The number of nitrogens with two attached hydrogens (primary N) is 1. The molecule has 1 amide bonds. The van der Waals surface area contributed by atoms with Gasteiger partial charge in [-0.3, -0.25) is 10.2 Å². The molecule has 2 aromatic rings. The molecule has 94 valence electrons. The molecular weight excluding hydrogens is 274 g/mol. The molecule has 2 rings (SSSR count). The zero-order valence-corrected chi connectivity index (χ0v) is 10.8. The van der Waals surface area contributed by atoms with Gasteiger partial charge in [0.15, 0.2) is 0 Å². The number of carbonyl (C=O) groups is 1. The van der Waals surface area contributed by atoms with E-state index in [0.717, 1.165) is 5.03 Å². The van der Waals surface area contributed by atoms with E-state index in [1.807, 2.05) is 5.43 Å². The maximum absolute atomic E-state index is 11.2. The number of pyridine rings is 1. The van der Waals surface area contributed by atoms with Crippen molar-refractivity contribution in [2.24, 2.45) is 5.84 Å². The minimum Gasteiger partial charge on any atom is -0.468 e. The predicted molar refractivity (Wildman–Crippen MR) is 69.2 cm³/mol. The lowest BCUT2D eigenvalue weighted by Gasteiger charge is -1.99. The first-order valence-electron chi connectivity index (χ1n) is 5.02. The number of nitrogens with zero attached hydrogens (tertiary/aromatic N) is 1. The summed E-state index contributed by atoms with van der Waals surface area (Å²) in [5.74, 6) is 5.83. The van der Waals surface area contributed by atoms with Crippen LogP contribution < -0.4 is 11.3 Å². The number of amides is 1. The topological polar surface area (TPSA) is 81.1 Å². The Morgan fingerprint density at radius 3 is 3.17 bits per heavy atom. The number of rotatable bonds is 4. The number of nitrogens with one attached hydrogen (secondary N) is 1. The second kappa shape index (κ2) is 5.90. The van der Waals surface area contributed by atoms with E-state index in [2.05, 4.69) is 4.98 Å². The predicted octanol–water partition coefficient (Wildman–Crippen LogP) is 2.22. The quantitative estimate of drug-likeness (QED) is 0.389. The van der Waals surface area contributed by atoms with Crippen LogP contribution in [0.2, 0.25) is 5.02 Å². The second-order valence-corrected chi connectivity index (χ2v) is 4.73. The minimum absolute atomic E-state index is 0.383. The largest absolute Gasteiger partial charge is 0.468 e. The van der Waals surface area contributed by atoms with Gasteiger partial charge in [0.25, 0.3) is 5.91 Å². The van der Waals surface area contributed by atoms with Gasteiger partial charge in [0.05, 0.1) is 16.3 Å². The average Bonchev–Trinajstić information content (AvgIpc) is 2.86. The van der Waals surface area contributed by atoms with Crippen LogP contribution in [0, 0.1) is 0 Å². The number of nitrogen functional groups attached to an aromatic ring is 1. The van der Waals surface area contributed by atoms with Crippen molar-refractivity contribution >= 4 is 29.3 Å². The van der Waals surface area contributed by atoms with Crippen molar-refractivity contribution in [1.82, 2.24) is 10.4 Å². The lowest BCUT2D eigenvalue weighted by Crippen LogP contribution is -2.29. The number of aromatic nitrogens is 1. The molecule has 3 N–H and O–H groups in total. The van der Waals surface area contributed by atoms with E-state index in [9.17, 15) is 4.79 Å². The van der Waals surface area contributed by atoms with Gasteiger partial charge in [-0.15, -0.1) is 0 Å². The highest BCUT2D eigenvalue weighted by molar-refractivity contribution is 7.98. The standard InChI is InChI=1S/C11H10ClN3O2S/c12-9-2-1-3-14-11(9)18-6-8-4-7(5-17-8)10(16)15-13/h1-5H,6,13H2,(H,15,16). The Labute approximate surface area is 113 Å². The van der Waals surface area contributed by atoms with E-state index < -0.39 is 0 Å². The van der Waals surface area contributed by atoms with Gasteiger partial charge >= 0.3 is 0 Å². The third kappa shape index (κ3) is 3.04. The molecule has 0 aromatic carbocycles. The van der Waals surface area contributed by atoms with E-state index >= 15 is 0 Å². The van der Waals surface area contributed by atoms with Crippen molar-refractivity contribution in [3.63, 3.8) is 0 Å². The number of furan rings is 1. The first kappa shape index (κ1) is 12.9. The summed E-state index contributed by atoms with van der Waals surface area (Å²) in [6.45, 7) is 0. The fraction of sp³-hybridized carbons (Fsp3) is 0.0909. The molecule has 0 bridgehead atoms. The van der Waals surface area contributed by atoms with Gasteiger partial charge in [-0.2, -0.15) is 0 Å². The van der Waals surface area contributed by atoms with Crippen LogP contribution in [-0.4, -0.2) is 10.9 Å². The van der Waals surface area contributed by atoms with E-state index in [1.54, 1.807) is 24.4 Å². The molecule has 0 aliphatic carbocycles. The summed E-state index contributed by atoms with van der Waals surface area (Å²) in [7, 11) is 0. The number of carbonyl (C=O) groups excluding carboxylic acids is 1. The molecule has 0 radical (unpaired) electrons. The number of thioether (sulfide) groups is 1. The molecular formula is C11H10ClN3O2S. The summed E-state index contributed by atoms with van der Waals surface area (Å²) in [5, 5.41) is 1.31. The van der Waals surface area contributed by atoms with Crippen molar-refractivity contribution in [2.45, 2.75) is 10.8 Å². The normalized spacial score (nSPS) is 10.3. The Bertz CT molecular complexity index is 559. The van der Waals surface area contributed by atoms with Crippen LogP contribution in [0.25, 0.3) is 0 Å². The van der Waals surface area contributed by atoms with E-state index in [-0.39, 0.29) is 5.91 Å². The lowest BCUT2D eigenvalue weighted by molar-refractivity contribution is 0.0953. The molecule has 0 atom stereocenters. The summed E-state index contributed by atoms with van der Waals surface area (Å²) in [4.78, 5) is 15.4. The fourth-order valence-corrected chi connectivity index (χ4v) is 2.33. The molecule has 2 aromatic heterocycles. The first-order valence-corrected chi connectivity index (χ1v) is 6.38. The maximum atomic E-state index is 11.2. The van der Waals surface area contributed by atoms with Crippen LogP contribution in [-0.2, 0) is 5.75 Å². The van der Waals surface area contributed by atoms with Crippen molar-refractivity contribution in [2.75, 3.05) is 0 Å². The van der Waals surface area contributed by atoms with Crippen LogP contribution in [0.4, 0.5) is 0 Å². The maximum Gasteiger partial charge on any atom is 0.268 e. The molecule has 18 heavy (non-hydrogen) atoms.